The average Bonchev–Trinajstić information content (AvgIpc) is 3.36. The lowest BCUT2D eigenvalue weighted by Crippen LogP contribution is -2.29. The highest BCUT2D eigenvalue weighted by atomic mass is 16.5. The molecule has 1 aliphatic rings. The van der Waals surface area contributed by atoms with Crippen LogP contribution >= 0.6 is 0 Å². The maximum Gasteiger partial charge on any atom is 0.338 e. The lowest BCUT2D eigenvalue weighted by atomic mass is 9.97. The summed E-state index contributed by atoms with van der Waals surface area (Å²) in [4.78, 5) is 42.2. The third-order valence-corrected chi connectivity index (χ3v) is 7.88. The van der Waals surface area contributed by atoms with Crippen LogP contribution in [0.2, 0.25) is 0 Å². The van der Waals surface area contributed by atoms with Gasteiger partial charge in [-0.3, -0.25) is 14.5 Å². The van der Waals surface area contributed by atoms with Crippen molar-refractivity contribution >= 4 is 28.5 Å². The Morgan fingerprint density at radius 1 is 0.911 bits per heavy atom. The predicted molar refractivity (Wildman–Crippen MR) is 171 cm³/mol. The molecular formula is C37H33NO7. The van der Waals surface area contributed by atoms with E-state index in [9.17, 15) is 14.4 Å². The molecule has 0 bridgehead atoms. The Balaban J connectivity index is 1.43. The van der Waals surface area contributed by atoms with E-state index in [0.29, 0.717) is 52.5 Å². The SMILES string of the molecule is CCCCOC(=O)c1ccc(N2C(=O)c3oc4ccc(C)cc4c(=O)c3C2c2ccc(OCc3ccccc3)c(OC)c2)cc1. The first kappa shape index (κ1) is 29.7. The lowest BCUT2D eigenvalue weighted by Gasteiger charge is -2.26. The van der Waals surface area contributed by atoms with Gasteiger partial charge in [0.2, 0.25) is 5.76 Å². The summed E-state index contributed by atoms with van der Waals surface area (Å²) in [5, 5.41) is 0.397. The second-order valence-corrected chi connectivity index (χ2v) is 11.0. The Labute approximate surface area is 260 Å². The van der Waals surface area contributed by atoms with Gasteiger partial charge in [0.15, 0.2) is 16.9 Å². The molecule has 6 rings (SSSR count). The van der Waals surface area contributed by atoms with Gasteiger partial charge in [-0.15, -0.1) is 0 Å². The van der Waals surface area contributed by atoms with Crippen LogP contribution in [-0.4, -0.2) is 25.6 Å². The number of benzene rings is 4. The molecule has 4 aromatic carbocycles. The Morgan fingerprint density at radius 2 is 1.69 bits per heavy atom. The van der Waals surface area contributed by atoms with E-state index in [2.05, 4.69) is 0 Å². The van der Waals surface area contributed by atoms with Crippen molar-refractivity contribution in [1.29, 1.82) is 0 Å². The molecule has 8 nitrogen and oxygen atoms in total. The molecule has 45 heavy (non-hydrogen) atoms. The van der Waals surface area contributed by atoms with Gasteiger partial charge >= 0.3 is 5.97 Å². The first-order valence-electron chi connectivity index (χ1n) is 14.9. The van der Waals surface area contributed by atoms with Crippen molar-refractivity contribution in [2.45, 2.75) is 39.3 Å². The van der Waals surface area contributed by atoms with Crippen LogP contribution in [-0.2, 0) is 11.3 Å². The van der Waals surface area contributed by atoms with Gasteiger partial charge in [0.25, 0.3) is 5.91 Å². The van der Waals surface area contributed by atoms with Gasteiger partial charge in [-0.1, -0.05) is 61.4 Å². The van der Waals surface area contributed by atoms with Crippen LogP contribution in [0.5, 0.6) is 11.5 Å². The molecule has 2 heterocycles. The van der Waals surface area contributed by atoms with Gasteiger partial charge in [0, 0.05) is 5.69 Å². The number of methoxy groups -OCH3 is 1. The van der Waals surface area contributed by atoms with Gasteiger partial charge in [-0.25, -0.2) is 4.79 Å². The van der Waals surface area contributed by atoms with Crippen molar-refractivity contribution in [3.05, 3.63) is 135 Å². The summed E-state index contributed by atoms with van der Waals surface area (Å²) in [5.41, 5.74) is 3.69. The van der Waals surface area contributed by atoms with Crippen molar-refractivity contribution in [1.82, 2.24) is 0 Å². The number of unbranched alkanes of at least 4 members (excludes halogenated alkanes) is 1. The van der Waals surface area contributed by atoms with Gasteiger partial charge in [0.1, 0.15) is 12.2 Å². The number of carbonyl (C=O) groups excluding carboxylic acids is 2. The zero-order valence-electron chi connectivity index (χ0n) is 25.4. The Kier molecular flexibility index (Phi) is 8.38. The summed E-state index contributed by atoms with van der Waals surface area (Å²) < 4.78 is 23.2. The summed E-state index contributed by atoms with van der Waals surface area (Å²) in [5.74, 6) is 0.0599. The highest BCUT2D eigenvalue weighted by Gasteiger charge is 2.44. The molecule has 0 radical (unpaired) electrons. The molecule has 0 fully saturated rings. The fraction of sp³-hybridized carbons (Fsp3) is 0.216. The van der Waals surface area contributed by atoms with Gasteiger partial charge < -0.3 is 18.6 Å². The molecule has 0 saturated heterocycles. The topological polar surface area (TPSA) is 95.3 Å². The number of ether oxygens (including phenoxy) is 3. The molecule has 5 aromatic rings. The van der Waals surface area contributed by atoms with E-state index >= 15 is 0 Å². The maximum absolute atomic E-state index is 14.1. The predicted octanol–water partition coefficient (Wildman–Crippen LogP) is 7.40. The van der Waals surface area contributed by atoms with E-state index in [-0.39, 0.29) is 16.8 Å². The highest BCUT2D eigenvalue weighted by molar-refractivity contribution is 6.11. The molecule has 1 unspecified atom stereocenters. The zero-order chi connectivity index (χ0) is 31.5. The highest BCUT2D eigenvalue weighted by Crippen LogP contribution is 2.43. The minimum Gasteiger partial charge on any atom is -0.493 e. The molecule has 0 spiro atoms. The largest absolute Gasteiger partial charge is 0.493 e. The van der Waals surface area contributed by atoms with Crippen molar-refractivity contribution in [3.63, 3.8) is 0 Å². The minimum atomic E-state index is -0.826. The minimum absolute atomic E-state index is 0.0206. The number of fused-ring (bicyclic) bond motifs is 2. The number of amides is 1. The number of hydrogen-bond acceptors (Lipinski definition) is 7. The van der Waals surface area contributed by atoms with Gasteiger partial charge in [-0.05, 0) is 73.0 Å². The van der Waals surface area contributed by atoms with Crippen LogP contribution in [0.3, 0.4) is 0 Å². The van der Waals surface area contributed by atoms with E-state index in [1.807, 2.05) is 56.3 Å². The van der Waals surface area contributed by atoms with Crippen LogP contribution in [0.15, 0.2) is 100 Å². The number of hydrogen-bond donors (Lipinski definition) is 0. The first-order valence-corrected chi connectivity index (χ1v) is 14.9. The fourth-order valence-electron chi connectivity index (χ4n) is 5.53. The van der Waals surface area contributed by atoms with Crippen LogP contribution < -0.4 is 19.8 Å². The summed E-state index contributed by atoms with van der Waals surface area (Å²) in [7, 11) is 1.54. The van der Waals surface area contributed by atoms with Crippen molar-refractivity contribution in [2.24, 2.45) is 0 Å². The molecule has 1 aliphatic heterocycles. The van der Waals surface area contributed by atoms with Gasteiger partial charge in [-0.2, -0.15) is 0 Å². The molecule has 0 saturated carbocycles. The number of esters is 1. The first-order chi connectivity index (χ1) is 21.9. The normalized spacial score (nSPS) is 14.0. The molecule has 8 heteroatoms. The summed E-state index contributed by atoms with van der Waals surface area (Å²) >= 11 is 0. The summed E-state index contributed by atoms with van der Waals surface area (Å²) in [6, 6.07) is 26.2. The monoisotopic (exact) mass is 603 g/mol. The molecule has 0 aliphatic carbocycles. The molecular weight excluding hydrogens is 570 g/mol. The zero-order valence-corrected chi connectivity index (χ0v) is 25.4. The maximum atomic E-state index is 14.1. The quantitative estimate of drug-likeness (QED) is 0.121. The van der Waals surface area contributed by atoms with Crippen LogP contribution in [0.25, 0.3) is 11.0 Å². The second kappa shape index (κ2) is 12.7. The number of nitrogens with zero attached hydrogens (tertiary/aromatic N) is 1. The number of anilines is 1. The van der Waals surface area contributed by atoms with Crippen molar-refractivity contribution < 1.29 is 28.2 Å². The summed E-state index contributed by atoms with van der Waals surface area (Å²) in [6.45, 7) is 4.60. The standard InChI is InChI=1S/C37H33NO7/c1-4-5-19-43-37(41)25-12-15-27(16-13-25)38-33(32-34(39)28-20-23(2)11-17-29(28)45-35(32)36(38)40)26-14-18-30(31(21-26)42-3)44-22-24-9-7-6-8-10-24/h6-18,20-21,33H,4-5,19,22H2,1-3H3. The third kappa shape index (κ3) is 5.79. The smallest absolute Gasteiger partial charge is 0.338 e. The van der Waals surface area contributed by atoms with Crippen molar-refractivity contribution in [3.8, 4) is 11.5 Å². The van der Waals surface area contributed by atoms with E-state index < -0.39 is 17.9 Å². The molecule has 1 atom stereocenters. The number of rotatable bonds is 10. The van der Waals surface area contributed by atoms with Crippen LogP contribution in [0.4, 0.5) is 5.69 Å². The third-order valence-electron chi connectivity index (χ3n) is 7.88. The second-order valence-electron chi connectivity index (χ2n) is 11.0. The van der Waals surface area contributed by atoms with E-state index in [1.54, 1.807) is 55.6 Å². The Bertz CT molecular complexity index is 1930. The fourth-order valence-corrected chi connectivity index (χ4v) is 5.53. The Morgan fingerprint density at radius 3 is 2.42 bits per heavy atom. The van der Waals surface area contributed by atoms with Gasteiger partial charge in [0.05, 0.1) is 36.3 Å². The number of aryl methyl sites for hydroxylation is 1. The van der Waals surface area contributed by atoms with E-state index in [4.69, 9.17) is 18.6 Å². The molecule has 228 valence electrons. The average molecular weight is 604 g/mol. The molecule has 1 aromatic heterocycles. The van der Waals surface area contributed by atoms with E-state index in [0.717, 1.165) is 24.0 Å². The van der Waals surface area contributed by atoms with E-state index in [1.165, 1.54) is 4.90 Å². The lowest BCUT2D eigenvalue weighted by molar-refractivity contribution is 0.0499. The van der Waals surface area contributed by atoms with Crippen molar-refractivity contribution in [2.75, 3.05) is 18.6 Å². The van der Waals surface area contributed by atoms with Crippen LogP contribution in [0.1, 0.15) is 69.0 Å². The summed E-state index contributed by atoms with van der Waals surface area (Å²) in [6.07, 6.45) is 1.69. The van der Waals surface area contributed by atoms with Crippen LogP contribution in [0, 0.1) is 6.92 Å². The molecule has 1 amide bonds. The molecule has 0 N–H and O–H groups in total. The Hall–Kier alpha value is -5.37. The number of carbonyl (C=O) groups is 2.